The first-order chi connectivity index (χ1) is 13.6. The summed E-state index contributed by atoms with van der Waals surface area (Å²) in [6, 6.07) is 21.1. The van der Waals surface area contributed by atoms with Gasteiger partial charge in [-0.1, -0.05) is 60.7 Å². The van der Waals surface area contributed by atoms with Crippen LogP contribution in [0.5, 0.6) is 0 Å². The van der Waals surface area contributed by atoms with Crippen molar-refractivity contribution in [3.8, 4) is 0 Å². The Hall–Kier alpha value is -2.86. The van der Waals surface area contributed by atoms with Crippen LogP contribution in [0.2, 0.25) is 0 Å². The van der Waals surface area contributed by atoms with E-state index in [2.05, 4.69) is 63.8 Å². The van der Waals surface area contributed by atoms with E-state index in [1.54, 1.807) is 0 Å². The summed E-state index contributed by atoms with van der Waals surface area (Å²) in [7, 11) is 0. The Labute approximate surface area is 170 Å². The number of hydrogen-bond acceptors (Lipinski definition) is 4. The molecule has 0 fully saturated rings. The van der Waals surface area contributed by atoms with Crippen LogP contribution in [0.15, 0.2) is 65.7 Å². The highest BCUT2D eigenvalue weighted by Crippen LogP contribution is 2.27. The van der Waals surface area contributed by atoms with Gasteiger partial charge in [0.2, 0.25) is 0 Å². The molecule has 1 aromatic heterocycles. The molecule has 0 aliphatic heterocycles. The minimum absolute atomic E-state index is 0.307. The number of aliphatic imine (C=N–C) groups is 1. The summed E-state index contributed by atoms with van der Waals surface area (Å²) < 4.78 is 0. The van der Waals surface area contributed by atoms with Crippen LogP contribution in [0.4, 0.5) is 5.13 Å². The van der Waals surface area contributed by atoms with E-state index >= 15 is 0 Å². The largest absolute Gasteiger partial charge is 0.375 e. The fourth-order valence-electron chi connectivity index (χ4n) is 3.25. The molecule has 0 bridgehead atoms. The first kappa shape index (κ1) is 19.9. The van der Waals surface area contributed by atoms with Crippen LogP contribution >= 0.6 is 11.3 Å². The first-order valence-corrected chi connectivity index (χ1v) is 10.3. The van der Waals surface area contributed by atoms with E-state index in [-0.39, 0.29) is 0 Å². The van der Waals surface area contributed by atoms with Crippen LogP contribution in [0.1, 0.15) is 34.0 Å². The predicted octanol–water partition coefficient (Wildman–Crippen LogP) is 3.70. The summed E-state index contributed by atoms with van der Waals surface area (Å²) in [5, 5.41) is 3.80. The van der Waals surface area contributed by atoms with Crippen LogP contribution < -0.4 is 16.8 Å². The van der Waals surface area contributed by atoms with Gasteiger partial charge in [0.25, 0.3) is 0 Å². The number of aromatic nitrogens is 1. The molecular weight excluding hydrogens is 366 g/mol. The summed E-state index contributed by atoms with van der Waals surface area (Å²) in [6.45, 7) is 3.37. The average Bonchev–Trinajstić information content (AvgIpc) is 3.03. The Kier molecular flexibility index (Phi) is 7.03. The van der Waals surface area contributed by atoms with Gasteiger partial charge in [0, 0.05) is 30.3 Å². The van der Waals surface area contributed by atoms with Gasteiger partial charge in [0.1, 0.15) is 0 Å². The van der Waals surface area contributed by atoms with Crippen molar-refractivity contribution >= 4 is 22.4 Å². The molecule has 0 saturated carbocycles. The zero-order chi connectivity index (χ0) is 19.8. The Morgan fingerprint density at radius 3 is 2.21 bits per heavy atom. The van der Waals surface area contributed by atoms with Crippen LogP contribution in [-0.4, -0.2) is 24.0 Å². The van der Waals surface area contributed by atoms with E-state index in [1.807, 2.05) is 19.1 Å². The number of rotatable bonds is 8. The molecule has 5 nitrogen and oxygen atoms in total. The van der Waals surface area contributed by atoms with Crippen molar-refractivity contribution in [2.45, 2.75) is 25.7 Å². The van der Waals surface area contributed by atoms with Crippen molar-refractivity contribution in [3.63, 3.8) is 0 Å². The summed E-state index contributed by atoms with van der Waals surface area (Å²) in [4.78, 5) is 9.95. The average molecular weight is 394 g/mol. The number of nitrogens with zero attached hydrogens (tertiary/aromatic N) is 2. The number of hydrogen-bond donors (Lipinski definition) is 3. The van der Waals surface area contributed by atoms with Crippen LogP contribution in [-0.2, 0) is 6.42 Å². The van der Waals surface area contributed by atoms with Gasteiger partial charge >= 0.3 is 0 Å². The SMILES string of the molecule is Cc1nc(N)sc1CCNC(N)=NCCC(c1ccccc1)c1ccccc1. The van der Waals surface area contributed by atoms with Gasteiger partial charge in [-0.15, -0.1) is 11.3 Å². The zero-order valence-corrected chi connectivity index (χ0v) is 17.0. The number of benzene rings is 2. The minimum atomic E-state index is 0.307. The number of guanidine groups is 1. The quantitative estimate of drug-likeness (QED) is 0.402. The molecule has 3 rings (SSSR count). The predicted molar refractivity (Wildman–Crippen MR) is 119 cm³/mol. The maximum Gasteiger partial charge on any atom is 0.188 e. The molecule has 0 aliphatic carbocycles. The van der Waals surface area contributed by atoms with Crippen LogP contribution in [0, 0.1) is 6.92 Å². The third-order valence-electron chi connectivity index (χ3n) is 4.67. The molecule has 2 aromatic carbocycles. The molecule has 0 amide bonds. The highest BCUT2D eigenvalue weighted by molar-refractivity contribution is 7.15. The second-order valence-electron chi connectivity index (χ2n) is 6.67. The van der Waals surface area contributed by atoms with Gasteiger partial charge in [0.15, 0.2) is 11.1 Å². The van der Waals surface area contributed by atoms with Crippen molar-refractivity contribution in [3.05, 3.63) is 82.4 Å². The molecular formula is C22H27N5S. The Morgan fingerprint density at radius 2 is 1.68 bits per heavy atom. The first-order valence-electron chi connectivity index (χ1n) is 9.49. The van der Waals surface area contributed by atoms with E-state index in [0.717, 1.165) is 25.1 Å². The summed E-state index contributed by atoms with van der Waals surface area (Å²) in [5.41, 5.74) is 15.4. The van der Waals surface area contributed by atoms with E-state index in [1.165, 1.54) is 27.3 Å². The van der Waals surface area contributed by atoms with Gasteiger partial charge in [-0.05, 0) is 24.5 Å². The zero-order valence-electron chi connectivity index (χ0n) is 16.1. The summed E-state index contributed by atoms with van der Waals surface area (Å²) in [6.07, 6.45) is 1.74. The topological polar surface area (TPSA) is 89.3 Å². The molecule has 0 atom stereocenters. The van der Waals surface area contributed by atoms with E-state index in [0.29, 0.717) is 23.6 Å². The molecule has 0 spiro atoms. The Balaban J connectivity index is 1.55. The van der Waals surface area contributed by atoms with Gasteiger partial charge < -0.3 is 16.8 Å². The van der Waals surface area contributed by atoms with Crippen molar-refractivity contribution in [2.75, 3.05) is 18.8 Å². The van der Waals surface area contributed by atoms with Gasteiger partial charge in [0.05, 0.1) is 5.69 Å². The fourth-order valence-corrected chi connectivity index (χ4v) is 4.09. The number of aryl methyl sites for hydroxylation is 1. The number of nitrogen functional groups attached to an aromatic ring is 1. The lowest BCUT2D eigenvalue weighted by molar-refractivity contribution is 0.722. The maximum absolute atomic E-state index is 6.05. The lowest BCUT2D eigenvalue weighted by Crippen LogP contribution is -2.33. The van der Waals surface area contributed by atoms with Gasteiger partial charge in [-0.2, -0.15) is 0 Å². The highest BCUT2D eigenvalue weighted by Gasteiger charge is 2.13. The van der Waals surface area contributed by atoms with Gasteiger partial charge in [-0.25, -0.2) is 4.98 Å². The Bertz CT molecular complexity index is 850. The third-order valence-corrected chi connectivity index (χ3v) is 5.72. The molecule has 146 valence electrons. The summed E-state index contributed by atoms with van der Waals surface area (Å²) >= 11 is 1.53. The van der Waals surface area contributed by atoms with Crippen molar-refractivity contribution in [2.24, 2.45) is 10.7 Å². The number of anilines is 1. The molecule has 0 radical (unpaired) electrons. The Morgan fingerprint density at radius 1 is 1.07 bits per heavy atom. The van der Waals surface area contributed by atoms with Crippen molar-refractivity contribution < 1.29 is 0 Å². The van der Waals surface area contributed by atoms with Gasteiger partial charge in [-0.3, -0.25) is 4.99 Å². The second kappa shape index (κ2) is 9.90. The molecule has 5 N–H and O–H groups in total. The normalized spacial score (nSPS) is 11.7. The molecule has 28 heavy (non-hydrogen) atoms. The number of thiazole rings is 1. The van der Waals surface area contributed by atoms with E-state index in [4.69, 9.17) is 11.5 Å². The monoisotopic (exact) mass is 393 g/mol. The van der Waals surface area contributed by atoms with Crippen molar-refractivity contribution in [1.82, 2.24) is 10.3 Å². The molecule has 0 saturated heterocycles. The molecule has 6 heteroatoms. The number of nitrogens with two attached hydrogens (primary N) is 2. The highest BCUT2D eigenvalue weighted by atomic mass is 32.1. The lowest BCUT2D eigenvalue weighted by Gasteiger charge is -2.17. The lowest BCUT2D eigenvalue weighted by atomic mass is 9.89. The number of nitrogens with one attached hydrogen (secondary N) is 1. The summed E-state index contributed by atoms with van der Waals surface area (Å²) in [5.74, 6) is 0.789. The van der Waals surface area contributed by atoms with Crippen LogP contribution in [0.25, 0.3) is 0 Å². The smallest absolute Gasteiger partial charge is 0.188 e. The van der Waals surface area contributed by atoms with E-state index in [9.17, 15) is 0 Å². The van der Waals surface area contributed by atoms with Crippen LogP contribution in [0.3, 0.4) is 0 Å². The third kappa shape index (κ3) is 5.57. The molecule has 0 unspecified atom stereocenters. The second-order valence-corrected chi connectivity index (χ2v) is 7.78. The van der Waals surface area contributed by atoms with E-state index < -0.39 is 0 Å². The fraction of sp³-hybridized carbons (Fsp3) is 0.273. The molecule has 1 heterocycles. The molecule has 3 aromatic rings. The maximum atomic E-state index is 6.05. The standard InChI is InChI=1S/C22H27N5S/c1-16-20(28-22(24)27-16)13-15-26-21(23)25-14-12-19(17-8-4-2-5-9-17)18-10-6-3-7-11-18/h2-11,19H,12-15H2,1H3,(H2,24,27)(H3,23,25,26). The van der Waals surface area contributed by atoms with Crippen molar-refractivity contribution in [1.29, 1.82) is 0 Å². The minimum Gasteiger partial charge on any atom is -0.375 e. The molecule has 0 aliphatic rings.